The first-order valence-corrected chi connectivity index (χ1v) is 12.8. The average molecular weight is 539 g/mol. The van der Waals surface area contributed by atoms with Gasteiger partial charge in [0.15, 0.2) is 5.69 Å². The number of imidazole rings is 1. The third-order valence-corrected chi connectivity index (χ3v) is 6.99. The zero-order valence-corrected chi connectivity index (χ0v) is 21.7. The van der Waals surface area contributed by atoms with Crippen LogP contribution >= 0.6 is 0 Å². The van der Waals surface area contributed by atoms with Crippen LogP contribution in [0.15, 0.2) is 61.2 Å². The molecule has 0 bridgehead atoms. The van der Waals surface area contributed by atoms with Gasteiger partial charge in [-0.25, -0.2) is 9.50 Å². The van der Waals surface area contributed by atoms with Gasteiger partial charge < -0.3 is 14.8 Å². The van der Waals surface area contributed by atoms with E-state index < -0.39 is 11.7 Å². The van der Waals surface area contributed by atoms with Gasteiger partial charge in [-0.3, -0.25) is 9.59 Å². The molecular weight excluding hydrogens is 509 g/mol. The molecule has 0 radical (unpaired) electrons. The Hall–Kier alpha value is -4.15. The lowest BCUT2D eigenvalue weighted by Gasteiger charge is -2.27. The number of nitrogens with one attached hydrogen (secondary N) is 1. The Balaban J connectivity index is 1.32. The number of pyridine rings is 1. The fraction of sp³-hybridized carbons (Fsp3) is 0.357. The summed E-state index contributed by atoms with van der Waals surface area (Å²) in [7, 11) is 0. The first kappa shape index (κ1) is 26.5. The van der Waals surface area contributed by atoms with E-state index in [0.29, 0.717) is 37.1 Å². The molecular formula is C28H29F3N6O2. The Labute approximate surface area is 223 Å². The van der Waals surface area contributed by atoms with E-state index in [1.165, 1.54) is 16.6 Å². The van der Waals surface area contributed by atoms with Crippen molar-refractivity contribution in [1.29, 1.82) is 0 Å². The average Bonchev–Trinajstić information content (AvgIpc) is 3.56. The summed E-state index contributed by atoms with van der Waals surface area (Å²) in [5, 5.41) is 7.36. The van der Waals surface area contributed by atoms with Crippen LogP contribution in [0.3, 0.4) is 0 Å². The van der Waals surface area contributed by atoms with E-state index in [1.54, 1.807) is 41.8 Å². The van der Waals surface area contributed by atoms with Gasteiger partial charge in [0.05, 0.1) is 35.2 Å². The van der Waals surface area contributed by atoms with Crippen LogP contribution in [0, 0.1) is 5.92 Å². The molecule has 1 atom stereocenters. The van der Waals surface area contributed by atoms with Crippen LogP contribution in [0.4, 0.5) is 13.2 Å². The molecule has 11 heteroatoms. The lowest BCUT2D eigenvalue weighted by atomic mass is 9.89. The topological polar surface area (TPSA) is 84.5 Å². The molecule has 0 saturated carbocycles. The number of benzene rings is 1. The molecule has 39 heavy (non-hydrogen) atoms. The van der Waals surface area contributed by atoms with Crippen LogP contribution in [0.2, 0.25) is 0 Å². The summed E-state index contributed by atoms with van der Waals surface area (Å²) in [6, 6.07) is 10.1. The number of carbonyl (C=O) groups is 2. The number of fused-ring (bicyclic) bond motifs is 2. The maximum Gasteiger partial charge on any atom is 0.416 e. The summed E-state index contributed by atoms with van der Waals surface area (Å²) in [5.41, 5.74) is 2.07. The number of alkyl halides is 3. The first-order valence-electron chi connectivity index (χ1n) is 12.8. The van der Waals surface area contributed by atoms with Gasteiger partial charge in [-0.1, -0.05) is 26.0 Å². The van der Waals surface area contributed by atoms with E-state index in [-0.39, 0.29) is 35.9 Å². The highest BCUT2D eigenvalue weighted by Gasteiger charge is 2.30. The van der Waals surface area contributed by atoms with Gasteiger partial charge >= 0.3 is 6.18 Å². The molecule has 2 amide bonds. The first-order chi connectivity index (χ1) is 18.6. The van der Waals surface area contributed by atoms with Crippen LogP contribution < -0.4 is 5.32 Å². The Bertz CT molecular complexity index is 1490. The van der Waals surface area contributed by atoms with Crippen molar-refractivity contribution in [2.24, 2.45) is 5.92 Å². The van der Waals surface area contributed by atoms with E-state index in [9.17, 15) is 22.8 Å². The Morgan fingerprint density at radius 1 is 1.10 bits per heavy atom. The summed E-state index contributed by atoms with van der Waals surface area (Å²) < 4.78 is 42.6. The molecule has 4 aromatic rings. The molecule has 0 spiro atoms. The van der Waals surface area contributed by atoms with E-state index in [0.717, 1.165) is 23.4 Å². The number of hydrogen-bond acceptors (Lipinski definition) is 4. The largest absolute Gasteiger partial charge is 0.416 e. The van der Waals surface area contributed by atoms with Crippen molar-refractivity contribution in [2.75, 3.05) is 13.1 Å². The maximum atomic E-state index is 13.2. The fourth-order valence-corrected chi connectivity index (χ4v) is 4.99. The number of hydrogen-bond donors (Lipinski definition) is 1. The highest BCUT2D eigenvalue weighted by Crippen LogP contribution is 2.31. The highest BCUT2D eigenvalue weighted by atomic mass is 19.4. The van der Waals surface area contributed by atoms with Crippen molar-refractivity contribution in [2.45, 2.75) is 45.5 Å². The van der Waals surface area contributed by atoms with Crippen LogP contribution in [0.25, 0.3) is 5.52 Å². The zero-order chi connectivity index (χ0) is 27.7. The monoisotopic (exact) mass is 538 g/mol. The molecule has 1 unspecified atom stereocenters. The SMILES string of the molecule is CC(C)CC(CNC(=O)c1cccn2nc(C(=O)N3CCn4cncc4C3)cc12)c1ccc(C(F)(F)F)cc1. The minimum Gasteiger partial charge on any atom is -0.351 e. The third-order valence-electron chi connectivity index (χ3n) is 6.99. The lowest BCUT2D eigenvalue weighted by molar-refractivity contribution is -0.137. The van der Waals surface area contributed by atoms with Gasteiger partial charge in [-0.2, -0.15) is 18.3 Å². The zero-order valence-electron chi connectivity index (χ0n) is 21.7. The summed E-state index contributed by atoms with van der Waals surface area (Å²) in [6.45, 7) is 5.93. The molecule has 0 aliphatic carbocycles. The number of halogens is 3. The number of aromatic nitrogens is 4. The van der Waals surface area contributed by atoms with Crippen molar-refractivity contribution < 1.29 is 22.8 Å². The van der Waals surface area contributed by atoms with Crippen LogP contribution in [-0.4, -0.2) is 49.0 Å². The molecule has 3 aromatic heterocycles. The summed E-state index contributed by atoms with van der Waals surface area (Å²) in [5.74, 6) is -0.459. The standard InChI is InChI=1S/C28H29F3N6O2/c1-18(2)12-20(19-5-7-21(8-6-19)28(29,30)31)14-33-26(38)23-4-3-9-37-25(23)13-24(34-37)27(39)35-10-11-36-17-32-15-22(36)16-35/h3-9,13,15,17-18,20H,10-12,14,16H2,1-2H3,(H,33,38). The van der Waals surface area contributed by atoms with Gasteiger partial charge in [-0.15, -0.1) is 0 Å². The summed E-state index contributed by atoms with van der Waals surface area (Å²) >= 11 is 0. The van der Waals surface area contributed by atoms with Crippen LogP contribution in [0.1, 0.15) is 63.9 Å². The van der Waals surface area contributed by atoms with Crippen molar-refractivity contribution in [3.8, 4) is 0 Å². The van der Waals surface area contributed by atoms with Gasteiger partial charge in [0.1, 0.15) is 0 Å². The van der Waals surface area contributed by atoms with E-state index >= 15 is 0 Å². The minimum atomic E-state index is -4.40. The van der Waals surface area contributed by atoms with Crippen molar-refractivity contribution in [1.82, 2.24) is 29.4 Å². The molecule has 1 aromatic carbocycles. The van der Waals surface area contributed by atoms with Gasteiger partial charge in [-0.05, 0) is 48.2 Å². The molecule has 204 valence electrons. The number of carbonyl (C=O) groups excluding carboxylic acids is 2. The molecule has 5 rings (SSSR count). The van der Waals surface area contributed by atoms with E-state index in [2.05, 4.69) is 15.4 Å². The van der Waals surface area contributed by atoms with Crippen LogP contribution in [-0.2, 0) is 19.3 Å². The number of rotatable bonds is 7. The molecule has 4 heterocycles. The fourth-order valence-electron chi connectivity index (χ4n) is 4.99. The molecule has 0 fully saturated rings. The van der Waals surface area contributed by atoms with E-state index in [4.69, 9.17) is 0 Å². The van der Waals surface area contributed by atoms with Gasteiger partial charge in [0.25, 0.3) is 11.8 Å². The maximum absolute atomic E-state index is 13.2. The lowest BCUT2D eigenvalue weighted by Crippen LogP contribution is -2.38. The molecule has 1 aliphatic rings. The second-order valence-corrected chi connectivity index (χ2v) is 10.2. The third kappa shape index (κ3) is 5.67. The summed E-state index contributed by atoms with van der Waals surface area (Å²) in [4.78, 5) is 32.3. The Morgan fingerprint density at radius 2 is 1.87 bits per heavy atom. The van der Waals surface area contributed by atoms with Gasteiger partial charge in [0, 0.05) is 37.9 Å². The summed E-state index contributed by atoms with van der Waals surface area (Å²) in [6.07, 6.45) is 1.45. The molecule has 1 N–H and O–H groups in total. The van der Waals surface area contributed by atoms with Crippen molar-refractivity contribution in [3.63, 3.8) is 0 Å². The van der Waals surface area contributed by atoms with Crippen molar-refractivity contribution >= 4 is 17.3 Å². The molecule has 1 aliphatic heterocycles. The van der Waals surface area contributed by atoms with Crippen LogP contribution in [0.5, 0.6) is 0 Å². The predicted molar refractivity (Wildman–Crippen MR) is 138 cm³/mol. The van der Waals surface area contributed by atoms with Gasteiger partial charge in [0.2, 0.25) is 0 Å². The smallest absolute Gasteiger partial charge is 0.351 e. The predicted octanol–water partition coefficient (Wildman–Crippen LogP) is 4.77. The quantitative estimate of drug-likeness (QED) is 0.368. The second kappa shape index (κ2) is 10.5. The van der Waals surface area contributed by atoms with Crippen molar-refractivity contribution in [3.05, 3.63) is 89.3 Å². The Morgan fingerprint density at radius 3 is 2.59 bits per heavy atom. The highest BCUT2D eigenvalue weighted by molar-refractivity contribution is 6.02. The molecule has 0 saturated heterocycles. The number of nitrogens with zero attached hydrogens (tertiary/aromatic N) is 5. The van der Waals surface area contributed by atoms with E-state index in [1.807, 2.05) is 18.4 Å². The molecule has 8 nitrogen and oxygen atoms in total. The number of amides is 2. The second-order valence-electron chi connectivity index (χ2n) is 10.2. The normalized spacial score (nSPS) is 14.5. The Kier molecular flexibility index (Phi) is 7.16. The minimum absolute atomic E-state index is 0.162.